The second-order valence-corrected chi connectivity index (χ2v) is 4.31. The molecule has 0 spiro atoms. The number of nitrogens with zero attached hydrogens (tertiary/aromatic N) is 2. The average molecular weight is 255 g/mol. The number of likely N-dealkylation sites (N-methyl/N-ethyl adjacent to an activating group) is 1. The Kier molecular flexibility index (Phi) is 5.80. The minimum atomic E-state index is -0.0198. The standard InChI is InChI=1S/C12H21N3O3/c1-9-11(10(2)18-14-9)7-13-12(16)8-15(3)5-6-17-4/h5-8H2,1-4H3,(H,13,16). The molecule has 0 aliphatic heterocycles. The number of aryl methyl sites for hydroxylation is 2. The largest absolute Gasteiger partial charge is 0.383 e. The van der Waals surface area contributed by atoms with Gasteiger partial charge in [0.15, 0.2) is 0 Å². The number of rotatable bonds is 7. The smallest absolute Gasteiger partial charge is 0.234 e. The van der Waals surface area contributed by atoms with Crippen LogP contribution in [0.2, 0.25) is 0 Å². The first-order valence-corrected chi connectivity index (χ1v) is 5.90. The van der Waals surface area contributed by atoms with Crippen LogP contribution >= 0.6 is 0 Å². The number of hydrogen-bond acceptors (Lipinski definition) is 5. The molecule has 0 bridgehead atoms. The highest BCUT2D eigenvalue weighted by molar-refractivity contribution is 5.78. The van der Waals surface area contributed by atoms with Crippen LogP contribution in [0.15, 0.2) is 4.52 Å². The molecule has 0 fully saturated rings. The normalized spacial score (nSPS) is 10.9. The summed E-state index contributed by atoms with van der Waals surface area (Å²) in [6, 6.07) is 0. The Bertz CT molecular complexity index is 370. The van der Waals surface area contributed by atoms with Gasteiger partial charge in [0.1, 0.15) is 5.76 Å². The number of methoxy groups -OCH3 is 1. The summed E-state index contributed by atoms with van der Waals surface area (Å²) in [4.78, 5) is 13.6. The van der Waals surface area contributed by atoms with E-state index < -0.39 is 0 Å². The van der Waals surface area contributed by atoms with Gasteiger partial charge in [0.2, 0.25) is 5.91 Å². The fourth-order valence-corrected chi connectivity index (χ4v) is 1.57. The van der Waals surface area contributed by atoms with Crippen molar-refractivity contribution in [2.24, 2.45) is 0 Å². The molecule has 1 aromatic rings. The predicted molar refractivity (Wildman–Crippen MR) is 67.2 cm³/mol. The van der Waals surface area contributed by atoms with Gasteiger partial charge < -0.3 is 14.6 Å². The van der Waals surface area contributed by atoms with Crippen molar-refractivity contribution in [1.82, 2.24) is 15.4 Å². The number of amides is 1. The van der Waals surface area contributed by atoms with Crippen LogP contribution in [0.1, 0.15) is 17.0 Å². The molecular weight excluding hydrogens is 234 g/mol. The highest BCUT2D eigenvalue weighted by Crippen LogP contribution is 2.11. The van der Waals surface area contributed by atoms with Gasteiger partial charge in [0, 0.05) is 25.8 Å². The molecule has 6 nitrogen and oxygen atoms in total. The van der Waals surface area contributed by atoms with E-state index in [1.165, 1.54) is 0 Å². The van der Waals surface area contributed by atoms with E-state index in [1.54, 1.807) is 7.11 Å². The maximum Gasteiger partial charge on any atom is 0.234 e. The molecule has 1 rings (SSSR count). The summed E-state index contributed by atoms with van der Waals surface area (Å²) >= 11 is 0. The average Bonchev–Trinajstić information content (AvgIpc) is 2.64. The number of nitrogens with one attached hydrogen (secondary N) is 1. The maximum atomic E-state index is 11.7. The van der Waals surface area contributed by atoms with Gasteiger partial charge in [0.05, 0.1) is 18.8 Å². The maximum absolute atomic E-state index is 11.7. The number of carbonyl (C=O) groups is 1. The SMILES string of the molecule is COCCN(C)CC(=O)NCc1c(C)noc1C. The molecule has 102 valence electrons. The van der Waals surface area contributed by atoms with Crippen molar-refractivity contribution < 1.29 is 14.1 Å². The van der Waals surface area contributed by atoms with Crippen molar-refractivity contribution in [3.05, 3.63) is 17.0 Å². The molecule has 0 aliphatic rings. The molecule has 1 heterocycles. The van der Waals surface area contributed by atoms with Crippen molar-refractivity contribution in [3.63, 3.8) is 0 Å². The summed E-state index contributed by atoms with van der Waals surface area (Å²) in [7, 11) is 3.53. The lowest BCUT2D eigenvalue weighted by Crippen LogP contribution is -2.36. The number of hydrogen-bond donors (Lipinski definition) is 1. The first-order chi connectivity index (χ1) is 8.54. The van der Waals surface area contributed by atoms with Gasteiger partial charge in [-0.1, -0.05) is 5.16 Å². The van der Waals surface area contributed by atoms with Crippen molar-refractivity contribution >= 4 is 5.91 Å². The van der Waals surface area contributed by atoms with Crippen LogP contribution in [0.4, 0.5) is 0 Å². The third-order valence-corrected chi connectivity index (χ3v) is 2.73. The molecule has 18 heavy (non-hydrogen) atoms. The van der Waals surface area contributed by atoms with Gasteiger partial charge in [0.25, 0.3) is 0 Å². The van der Waals surface area contributed by atoms with Crippen molar-refractivity contribution in [1.29, 1.82) is 0 Å². The molecule has 1 aromatic heterocycles. The summed E-state index contributed by atoms with van der Waals surface area (Å²) in [5.74, 6) is 0.731. The van der Waals surface area contributed by atoms with E-state index in [2.05, 4.69) is 10.5 Å². The van der Waals surface area contributed by atoms with Gasteiger partial charge in [-0.3, -0.25) is 9.69 Å². The highest BCUT2D eigenvalue weighted by atomic mass is 16.5. The molecule has 0 radical (unpaired) electrons. The summed E-state index contributed by atoms with van der Waals surface area (Å²) in [6.07, 6.45) is 0. The molecular formula is C12H21N3O3. The first-order valence-electron chi connectivity index (χ1n) is 5.90. The Balaban J connectivity index is 2.33. The van der Waals surface area contributed by atoms with Gasteiger partial charge in [-0.2, -0.15) is 0 Å². The zero-order valence-electron chi connectivity index (χ0n) is 11.4. The molecule has 0 aliphatic carbocycles. The molecule has 0 unspecified atom stereocenters. The van der Waals surface area contributed by atoms with Crippen LogP contribution in [-0.4, -0.2) is 49.8 Å². The van der Waals surface area contributed by atoms with Gasteiger partial charge >= 0.3 is 0 Å². The Morgan fingerprint density at radius 3 is 2.78 bits per heavy atom. The summed E-state index contributed by atoms with van der Waals surface area (Å²) < 4.78 is 9.98. The second-order valence-electron chi connectivity index (χ2n) is 4.31. The van der Waals surface area contributed by atoms with Crippen LogP contribution < -0.4 is 5.32 Å². The van der Waals surface area contributed by atoms with Crippen LogP contribution in [0, 0.1) is 13.8 Å². The third-order valence-electron chi connectivity index (χ3n) is 2.73. The van der Waals surface area contributed by atoms with E-state index in [9.17, 15) is 4.79 Å². The van der Waals surface area contributed by atoms with E-state index >= 15 is 0 Å². The van der Waals surface area contributed by atoms with Crippen LogP contribution in [-0.2, 0) is 16.1 Å². The highest BCUT2D eigenvalue weighted by Gasteiger charge is 2.11. The number of aromatic nitrogens is 1. The monoisotopic (exact) mass is 255 g/mol. The summed E-state index contributed by atoms with van der Waals surface area (Å²) in [5.41, 5.74) is 1.77. The molecule has 0 atom stereocenters. The Hall–Kier alpha value is -1.40. The first kappa shape index (κ1) is 14.7. The summed E-state index contributed by atoms with van der Waals surface area (Å²) in [5, 5.41) is 6.69. The lowest BCUT2D eigenvalue weighted by Gasteiger charge is -2.15. The van der Waals surface area contributed by atoms with Gasteiger partial charge in [-0.05, 0) is 20.9 Å². The van der Waals surface area contributed by atoms with Crippen LogP contribution in [0.3, 0.4) is 0 Å². The second kappa shape index (κ2) is 7.13. The molecule has 1 amide bonds. The lowest BCUT2D eigenvalue weighted by molar-refractivity contribution is -0.122. The van der Waals surface area contributed by atoms with E-state index in [1.807, 2.05) is 25.8 Å². The van der Waals surface area contributed by atoms with Crippen LogP contribution in [0.25, 0.3) is 0 Å². The minimum absolute atomic E-state index is 0.0198. The quantitative estimate of drug-likeness (QED) is 0.768. The topological polar surface area (TPSA) is 67.6 Å². The van der Waals surface area contributed by atoms with Crippen molar-refractivity contribution in [3.8, 4) is 0 Å². The van der Waals surface area contributed by atoms with Crippen molar-refractivity contribution in [2.75, 3.05) is 33.9 Å². The molecule has 0 aromatic carbocycles. The Morgan fingerprint density at radius 1 is 1.50 bits per heavy atom. The third kappa shape index (κ3) is 4.46. The van der Waals surface area contributed by atoms with Gasteiger partial charge in [-0.25, -0.2) is 0 Å². The van der Waals surface area contributed by atoms with E-state index in [0.29, 0.717) is 19.7 Å². The lowest BCUT2D eigenvalue weighted by atomic mass is 10.2. The fraction of sp³-hybridized carbons (Fsp3) is 0.667. The Morgan fingerprint density at radius 2 is 2.22 bits per heavy atom. The summed E-state index contributed by atoms with van der Waals surface area (Å²) in [6.45, 7) is 5.86. The predicted octanol–water partition coefficient (Wildman–Crippen LogP) is 0.486. The van der Waals surface area contributed by atoms with Crippen molar-refractivity contribution in [2.45, 2.75) is 20.4 Å². The molecule has 1 N–H and O–H groups in total. The zero-order chi connectivity index (χ0) is 13.5. The van der Waals surface area contributed by atoms with E-state index in [-0.39, 0.29) is 5.91 Å². The molecule has 0 saturated heterocycles. The van der Waals surface area contributed by atoms with E-state index in [4.69, 9.17) is 9.26 Å². The Labute approximate surface area is 107 Å². The van der Waals surface area contributed by atoms with Crippen LogP contribution in [0.5, 0.6) is 0 Å². The number of carbonyl (C=O) groups excluding carboxylic acids is 1. The zero-order valence-corrected chi connectivity index (χ0v) is 11.4. The van der Waals surface area contributed by atoms with Gasteiger partial charge in [-0.15, -0.1) is 0 Å². The molecule has 0 saturated carbocycles. The molecule has 6 heteroatoms. The minimum Gasteiger partial charge on any atom is -0.383 e. The van der Waals surface area contributed by atoms with E-state index in [0.717, 1.165) is 23.6 Å². The fourth-order valence-electron chi connectivity index (χ4n) is 1.57. The number of ether oxygens (including phenoxy) is 1.